The van der Waals surface area contributed by atoms with Gasteiger partial charge in [0.05, 0.1) is 12.8 Å². The van der Waals surface area contributed by atoms with Gasteiger partial charge in [-0.3, -0.25) is 9.78 Å². The molecule has 5 nitrogen and oxygen atoms in total. The number of ether oxygens (including phenoxy) is 1. The third kappa shape index (κ3) is 4.41. The SMILES string of the molecule is CCOc1cc(C)c(/C=N\NC(=O)c2ccncc2)cc1C(C)C. The van der Waals surface area contributed by atoms with E-state index < -0.39 is 0 Å². The minimum absolute atomic E-state index is 0.263. The highest BCUT2D eigenvalue weighted by Gasteiger charge is 2.11. The van der Waals surface area contributed by atoms with Crippen LogP contribution in [0.15, 0.2) is 41.8 Å². The van der Waals surface area contributed by atoms with Gasteiger partial charge in [0.1, 0.15) is 5.75 Å². The van der Waals surface area contributed by atoms with Crippen LogP contribution < -0.4 is 10.2 Å². The zero-order valence-electron chi connectivity index (χ0n) is 14.5. The standard InChI is InChI=1S/C19H23N3O2/c1-5-24-18-10-14(4)16(11-17(18)13(2)3)12-21-22-19(23)15-6-8-20-9-7-15/h6-13H,5H2,1-4H3,(H,22,23)/b21-12-. The number of carbonyl (C=O) groups excluding carboxylic acids is 1. The molecular formula is C19H23N3O2. The van der Waals surface area contributed by atoms with Gasteiger partial charge >= 0.3 is 0 Å². The number of aromatic nitrogens is 1. The van der Waals surface area contributed by atoms with Crippen LogP contribution in [0.1, 0.15) is 53.7 Å². The van der Waals surface area contributed by atoms with Gasteiger partial charge in [-0.05, 0) is 60.7 Å². The predicted molar refractivity (Wildman–Crippen MR) is 95.7 cm³/mol. The molecule has 1 amide bonds. The molecule has 0 aliphatic heterocycles. The number of pyridine rings is 1. The minimum Gasteiger partial charge on any atom is -0.494 e. The number of hydrazone groups is 1. The summed E-state index contributed by atoms with van der Waals surface area (Å²) >= 11 is 0. The highest BCUT2D eigenvalue weighted by molar-refractivity contribution is 5.94. The van der Waals surface area contributed by atoms with Crippen molar-refractivity contribution in [2.24, 2.45) is 5.10 Å². The van der Waals surface area contributed by atoms with Crippen molar-refractivity contribution in [2.45, 2.75) is 33.6 Å². The van der Waals surface area contributed by atoms with Crippen LogP contribution in [0.3, 0.4) is 0 Å². The number of hydrogen-bond donors (Lipinski definition) is 1. The Kier molecular flexibility index (Phi) is 6.07. The smallest absolute Gasteiger partial charge is 0.271 e. The fourth-order valence-corrected chi connectivity index (χ4v) is 2.31. The molecule has 0 saturated carbocycles. The van der Waals surface area contributed by atoms with E-state index in [9.17, 15) is 4.79 Å². The van der Waals surface area contributed by atoms with Crippen LogP contribution in [0.2, 0.25) is 0 Å². The topological polar surface area (TPSA) is 63.6 Å². The molecule has 0 aliphatic carbocycles. The first-order valence-corrected chi connectivity index (χ1v) is 8.03. The maximum Gasteiger partial charge on any atom is 0.271 e. The maximum absolute atomic E-state index is 12.0. The summed E-state index contributed by atoms with van der Waals surface area (Å²) in [5.74, 6) is 0.981. The van der Waals surface area contributed by atoms with E-state index in [1.165, 1.54) is 0 Å². The number of nitrogens with one attached hydrogen (secondary N) is 1. The molecular weight excluding hydrogens is 302 g/mol. The zero-order chi connectivity index (χ0) is 17.5. The van der Waals surface area contributed by atoms with E-state index in [0.29, 0.717) is 18.1 Å². The first-order valence-electron chi connectivity index (χ1n) is 8.03. The summed E-state index contributed by atoms with van der Waals surface area (Å²) in [7, 11) is 0. The first kappa shape index (κ1) is 17.7. The summed E-state index contributed by atoms with van der Waals surface area (Å²) in [6.45, 7) is 8.86. The van der Waals surface area contributed by atoms with Gasteiger partial charge in [0.25, 0.3) is 5.91 Å². The molecule has 0 radical (unpaired) electrons. The number of benzene rings is 1. The molecule has 126 valence electrons. The normalized spacial score (nSPS) is 11.0. The van der Waals surface area contributed by atoms with E-state index in [1.54, 1.807) is 30.7 Å². The van der Waals surface area contributed by atoms with Crippen LogP contribution in [0.5, 0.6) is 5.75 Å². The molecule has 2 rings (SSSR count). The molecule has 24 heavy (non-hydrogen) atoms. The van der Waals surface area contributed by atoms with Crippen LogP contribution in [0, 0.1) is 6.92 Å². The van der Waals surface area contributed by atoms with E-state index in [4.69, 9.17) is 4.74 Å². The fourth-order valence-electron chi connectivity index (χ4n) is 2.31. The van der Waals surface area contributed by atoms with Crippen LogP contribution in [0.4, 0.5) is 0 Å². The van der Waals surface area contributed by atoms with E-state index in [0.717, 1.165) is 22.4 Å². The zero-order valence-corrected chi connectivity index (χ0v) is 14.5. The molecule has 2 aromatic rings. The lowest BCUT2D eigenvalue weighted by atomic mass is 9.97. The van der Waals surface area contributed by atoms with Crippen molar-refractivity contribution in [1.29, 1.82) is 0 Å². The Morgan fingerprint density at radius 1 is 1.33 bits per heavy atom. The second kappa shape index (κ2) is 8.24. The first-order chi connectivity index (χ1) is 11.5. The third-order valence-electron chi connectivity index (χ3n) is 3.63. The Labute approximate surface area is 142 Å². The monoisotopic (exact) mass is 325 g/mol. The van der Waals surface area contributed by atoms with Crippen LogP contribution in [-0.2, 0) is 0 Å². The Morgan fingerprint density at radius 3 is 2.67 bits per heavy atom. The Morgan fingerprint density at radius 2 is 2.04 bits per heavy atom. The van der Waals surface area contributed by atoms with Crippen molar-refractivity contribution in [2.75, 3.05) is 6.61 Å². The largest absolute Gasteiger partial charge is 0.494 e. The Hall–Kier alpha value is -2.69. The number of aryl methyl sites for hydroxylation is 1. The summed E-state index contributed by atoms with van der Waals surface area (Å²) in [5, 5.41) is 4.07. The second-order valence-corrected chi connectivity index (χ2v) is 5.77. The van der Waals surface area contributed by atoms with Gasteiger partial charge < -0.3 is 4.74 Å². The van der Waals surface area contributed by atoms with Gasteiger partial charge in [0.15, 0.2) is 0 Å². The average molecular weight is 325 g/mol. The maximum atomic E-state index is 12.0. The molecule has 1 aromatic carbocycles. The van der Waals surface area contributed by atoms with E-state index in [-0.39, 0.29) is 5.91 Å². The third-order valence-corrected chi connectivity index (χ3v) is 3.63. The lowest BCUT2D eigenvalue weighted by Gasteiger charge is -2.15. The van der Waals surface area contributed by atoms with Crippen molar-refractivity contribution >= 4 is 12.1 Å². The van der Waals surface area contributed by atoms with Gasteiger partial charge in [-0.1, -0.05) is 13.8 Å². The molecule has 0 aliphatic rings. The fraction of sp³-hybridized carbons (Fsp3) is 0.316. The van der Waals surface area contributed by atoms with Crippen LogP contribution in [-0.4, -0.2) is 23.7 Å². The van der Waals surface area contributed by atoms with Crippen LogP contribution >= 0.6 is 0 Å². The van der Waals surface area contributed by atoms with E-state index >= 15 is 0 Å². The number of carbonyl (C=O) groups is 1. The van der Waals surface area contributed by atoms with Crippen molar-refractivity contribution in [1.82, 2.24) is 10.4 Å². The molecule has 0 bridgehead atoms. The number of rotatable bonds is 6. The van der Waals surface area contributed by atoms with Crippen molar-refractivity contribution in [3.8, 4) is 5.75 Å². The predicted octanol–water partition coefficient (Wildman–Crippen LogP) is 3.68. The van der Waals surface area contributed by atoms with E-state index in [2.05, 4.69) is 35.4 Å². The summed E-state index contributed by atoms with van der Waals surface area (Å²) in [5.41, 5.74) is 6.19. The molecule has 0 spiro atoms. The number of hydrogen-bond acceptors (Lipinski definition) is 4. The lowest BCUT2D eigenvalue weighted by Crippen LogP contribution is -2.17. The molecule has 0 saturated heterocycles. The molecule has 1 aromatic heterocycles. The van der Waals surface area contributed by atoms with Gasteiger partial charge in [0.2, 0.25) is 0 Å². The van der Waals surface area contributed by atoms with Crippen molar-refractivity contribution < 1.29 is 9.53 Å². The van der Waals surface area contributed by atoms with E-state index in [1.807, 2.05) is 19.9 Å². The number of amides is 1. The molecule has 5 heteroatoms. The highest BCUT2D eigenvalue weighted by atomic mass is 16.5. The quantitative estimate of drug-likeness (QED) is 0.651. The van der Waals surface area contributed by atoms with Gasteiger partial charge in [0, 0.05) is 18.0 Å². The highest BCUT2D eigenvalue weighted by Crippen LogP contribution is 2.29. The molecule has 0 unspecified atom stereocenters. The summed E-state index contributed by atoms with van der Waals surface area (Å²) < 4.78 is 5.71. The van der Waals surface area contributed by atoms with Gasteiger partial charge in [-0.15, -0.1) is 0 Å². The lowest BCUT2D eigenvalue weighted by molar-refractivity contribution is 0.0955. The van der Waals surface area contributed by atoms with Gasteiger partial charge in [-0.2, -0.15) is 5.10 Å². The number of nitrogens with zero attached hydrogens (tertiary/aromatic N) is 2. The average Bonchev–Trinajstić information content (AvgIpc) is 2.57. The van der Waals surface area contributed by atoms with Crippen LogP contribution in [0.25, 0.3) is 0 Å². The van der Waals surface area contributed by atoms with Crippen molar-refractivity contribution in [3.63, 3.8) is 0 Å². The molecule has 0 fully saturated rings. The molecule has 1 N–H and O–H groups in total. The summed E-state index contributed by atoms with van der Waals surface area (Å²) in [6.07, 6.45) is 4.81. The Balaban J connectivity index is 2.17. The minimum atomic E-state index is -0.263. The summed E-state index contributed by atoms with van der Waals surface area (Å²) in [6, 6.07) is 7.37. The molecule has 1 heterocycles. The van der Waals surface area contributed by atoms with Gasteiger partial charge in [-0.25, -0.2) is 5.43 Å². The molecule has 0 atom stereocenters. The second-order valence-electron chi connectivity index (χ2n) is 5.77. The Bertz CT molecular complexity index is 725. The summed E-state index contributed by atoms with van der Waals surface area (Å²) in [4.78, 5) is 15.8. The van der Waals surface area contributed by atoms with Crippen molar-refractivity contribution in [3.05, 3.63) is 58.9 Å².